The first-order valence-corrected chi connectivity index (χ1v) is 6.74. The summed E-state index contributed by atoms with van der Waals surface area (Å²) in [5, 5.41) is 13.3. The van der Waals surface area contributed by atoms with Crippen LogP contribution in [0.1, 0.15) is 30.7 Å². The van der Waals surface area contributed by atoms with Gasteiger partial charge in [0.25, 0.3) is 0 Å². The van der Waals surface area contributed by atoms with Crippen molar-refractivity contribution in [2.75, 3.05) is 6.54 Å². The molecule has 19 heavy (non-hydrogen) atoms. The summed E-state index contributed by atoms with van der Waals surface area (Å²) in [6.07, 6.45) is 4.35. The molecule has 0 fully saturated rings. The molecule has 0 aliphatic rings. The number of nitrogens with zero attached hydrogens (tertiary/aromatic N) is 2. The summed E-state index contributed by atoms with van der Waals surface area (Å²) in [6.45, 7) is 4.40. The fraction of sp³-hybridized carbons (Fsp3) is 0.400. The Morgan fingerprint density at radius 1 is 1.32 bits per heavy atom. The Hall–Kier alpha value is -1.65. The van der Waals surface area contributed by atoms with Crippen LogP contribution < -0.4 is 5.32 Å². The Morgan fingerprint density at radius 3 is 2.84 bits per heavy atom. The molecule has 2 aromatic rings. The molecule has 4 nitrogen and oxygen atoms in total. The summed E-state index contributed by atoms with van der Waals surface area (Å²) in [6, 6.07) is 9.71. The molecule has 0 amide bonds. The van der Waals surface area contributed by atoms with E-state index < -0.39 is 6.10 Å². The number of aromatic nitrogens is 2. The van der Waals surface area contributed by atoms with Crippen molar-refractivity contribution in [3.63, 3.8) is 0 Å². The zero-order chi connectivity index (χ0) is 13.5. The standard InChI is InChI=1S/C15H21N3O/c1-2-8-18-12-17-10-14(18)9-16-11-15(19)13-6-4-3-5-7-13/h3-7,10,12,15-16,19H,2,8-9,11H2,1H3. The molecule has 0 spiro atoms. The average molecular weight is 259 g/mol. The van der Waals surface area contributed by atoms with E-state index in [-0.39, 0.29) is 0 Å². The first-order valence-electron chi connectivity index (χ1n) is 6.74. The highest BCUT2D eigenvalue weighted by Crippen LogP contribution is 2.10. The predicted octanol–water partition coefficient (Wildman–Crippen LogP) is 2.12. The van der Waals surface area contributed by atoms with Gasteiger partial charge in [0, 0.05) is 25.8 Å². The van der Waals surface area contributed by atoms with Gasteiger partial charge in [0.05, 0.1) is 18.1 Å². The lowest BCUT2D eigenvalue weighted by molar-refractivity contribution is 0.174. The monoisotopic (exact) mass is 259 g/mol. The summed E-state index contributed by atoms with van der Waals surface area (Å²) in [5.74, 6) is 0. The molecule has 1 aromatic carbocycles. The van der Waals surface area contributed by atoms with Gasteiger partial charge in [0.15, 0.2) is 0 Å². The number of imidazole rings is 1. The lowest BCUT2D eigenvalue weighted by Gasteiger charge is -2.13. The van der Waals surface area contributed by atoms with Crippen LogP contribution in [0.4, 0.5) is 0 Å². The van der Waals surface area contributed by atoms with Crippen molar-refractivity contribution >= 4 is 0 Å². The van der Waals surface area contributed by atoms with E-state index in [0.717, 1.165) is 30.8 Å². The lowest BCUT2D eigenvalue weighted by atomic mass is 10.1. The molecule has 1 atom stereocenters. The second-order valence-corrected chi connectivity index (χ2v) is 4.64. The molecule has 0 bridgehead atoms. The van der Waals surface area contributed by atoms with Crippen LogP contribution in [-0.2, 0) is 13.1 Å². The first-order chi connectivity index (χ1) is 9.31. The number of aliphatic hydroxyl groups excluding tert-OH is 1. The SMILES string of the molecule is CCCn1cncc1CNCC(O)c1ccccc1. The van der Waals surface area contributed by atoms with Gasteiger partial charge in [0.1, 0.15) is 0 Å². The third-order valence-corrected chi connectivity index (χ3v) is 3.09. The molecule has 4 heteroatoms. The number of aliphatic hydroxyl groups is 1. The van der Waals surface area contributed by atoms with Crippen molar-refractivity contribution in [3.8, 4) is 0 Å². The summed E-state index contributed by atoms with van der Waals surface area (Å²) >= 11 is 0. The van der Waals surface area contributed by atoms with Crippen LogP contribution in [0.2, 0.25) is 0 Å². The van der Waals surface area contributed by atoms with Crippen molar-refractivity contribution in [3.05, 3.63) is 54.1 Å². The molecule has 0 saturated carbocycles. The number of nitrogens with one attached hydrogen (secondary N) is 1. The Morgan fingerprint density at radius 2 is 2.11 bits per heavy atom. The molecule has 0 aliphatic carbocycles. The van der Waals surface area contributed by atoms with E-state index in [9.17, 15) is 5.11 Å². The zero-order valence-electron chi connectivity index (χ0n) is 11.3. The summed E-state index contributed by atoms with van der Waals surface area (Å²) in [5.41, 5.74) is 2.10. The van der Waals surface area contributed by atoms with Crippen molar-refractivity contribution < 1.29 is 5.11 Å². The Bertz CT molecular complexity index is 481. The Labute approximate surface area is 114 Å². The van der Waals surface area contributed by atoms with Gasteiger partial charge in [-0.05, 0) is 12.0 Å². The minimum Gasteiger partial charge on any atom is -0.387 e. The summed E-state index contributed by atoms with van der Waals surface area (Å²) in [4.78, 5) is 4.16. The first kappa shape index (κ1) is 13.8. The van der Waals surface area contributed by atoms with Crippen LogP contribution >= 0.6 is 0 Å². The maximum Gasteiger partial charge on any atom is 0.0948 e. The van der Waals surface area contributed by atoms with E-state index >= 15 is 0 Å². The molecule has 0 aliphatic heterocycles. The van der Waals surface area contributed by atoms with Crippen molar-refractivity contribution in [2.24, 2.45) is 0 Å². The van der Waals surface area contributed by atoms with Gasteiger partial charge >= 0.3 is 0 Å². The fourth-order valence-electron chi connectivity index (χ4n) is 2.07. The lowest BCUT2D eigenvalue weighted by Crippen LogP contribution is -2.22. The molecule has 1 unspecified atom stereocenters. The number of hydrogen-bond acceptors (Lipinski definition) is 3. The molecule has 2 N–H and O–H groups in total. The van der Waals surface area contributed by atoms with Crippen LogP contribution in [0.25, 0.3) is 0 Å². The second kappa shape index (κ2) is 7.07. The number of aryl methyl sites for hydroxylation is 1. The van der Waals surface area contributed by atoms with Crippen LogP contribution in [0.3, 0.4) is 0 Å². The summed E-state index contributed by atoms with van der Waals surface area (Å²) < 4.78 is 2.14. The second-order valence-electron chi connectivity index (χ2n) is 4.64. The van der Waals surface area contributed by atoms with Gasteiger partial charge in [-0.25, -0.2) is 4.98 Å². The van der Waals surface area contributed by atoms with E-state index in [0.29, 0.717) is 6.54 Å². The molecule has 2 rings (SSSR count). The Balaban J connectivity index is 1.81. The maximum atomic E-state index is 10.0. The van der Waals surface area contributed by atoms with Gasteiger partial charge in [-0.1, -0.05) is 37.3 Å². The van der Waals surface area contributed by atoms with Crippen LogP contribution in [0.15, 0.2) is 42.9 Å². The normalized spacial score (nSPS) is 12.5. The van der Waals surface area contributed by atoms with Gasteiger partial charge in [0.2, 0.25) is 0 Å². The van der Waals surface area contributed by atoms with E-state index in [1.54, 1.807) is 0 Å². The highest BCUT2D eigenvalue weighted by molar-refractivity contribution is 5.17. The topological polar surface area (TPSA) is 50.1 Å². The van der Waals surface area contributed by atoms with Crippen molar-refractivity contribution in [2.45, 2.75) is 32.5 Å². The largest absolute Gasteiger partial charge is 0.387 e. The number of benzene rings is 1. The van der Waals surface area contributed by atoms with Crippen LogP contribution in [-0.4, -0.2) is 21.2 Å². The van der Waals surface area contributed by atoms with Gasteiger partial charge in [-0.3, -0.25) is 0 Å². The molecule has 1 heterocycles. The van der Waals surface area contributed by atoms with Crippen LogP contribution in [0.5, 0.6) is 0 Å². The van der Waals surface area contributed by atoms with Crippen LogP contribution in [0, 0.1) is 0 Å². The van der Waals surface area contributed by atoms with Gasteiger partial charge in [-0.2, -0.15) is 0 Å². The Kier molecular flexibility index (Phi) is 5.12. The highest BCUT2D eigenvalue weighted by atomic mass is 16.3. The maximum absolute atomic E-state index is 10.0. The molecule has 0 radical (unpaired) electrons. The highest BCUT2D eigenvalue weighted by Gasteiger charge is 2.07. The quantitative estimate of drug-likeness (QED) is 0.800. The summed E-state index contributed by atoms with van der Waals surface area (Å²) in [7, 11) is 0. The third kappa shape index (κ3) is 3.91. The smallest absolute Gasteiger partial charge is 0.0948 e. The molecular formula is C15H21N3O. The third-order valence-electron chi connectivity index (χ3n) is 3.09. The van der Waals surface area contributed by atoms with Gasteiger partial charge in [-0.15, -0.1) is 0 Å². The van der Waals surface area contributed by atoms with E-state index in [4.69, 9.17) is 0 Å². The van der Waals surface area contributed by atoms with E-state index in [1.807, 2.05) is 42.9 Å². The van der Waals surface area contributed by atoms with Crippen molar-refractivity contribution in [1.29, 1.82) is 0 Å². The number of hydrogen-bond donors (Lipinski definition) is 2. The molecular weight excluding hydrogens is 238 g/mol. The van der Waals surface area contributed by atoms with Gasteiger partial charge < -0.3 is 15.0 Å². The van der Waals surface area contributed by atoms with E-state index in [1.165, 1.54) is 0 Å². The number of rotatable bonds is 7. The average Bonchev–Trinajstić information content (AvgIpc) is 2.88. The fourth-order valence-corrected chi connectivity index (χ4v) is 2.07. The minimum atomic E-state index is -0.469. The van der Waals surface area contributed by atoms with Crippen molar-refractivity contribution in [1.82, 2.24) is 14.9 Å². The minimum absolute atomic E-state index is 0.469. The molecule has 102 valence electrons. The molecule has 0 saturated heterocycles. The predicted molar refractivity (Wildman–Crippen MR) is 75.6 cm³/mol. The van der Waals surface area contributed by atoms with E-state index in [2.05, 4.69) is 21.8 Å². The zero-order valence-corrected chi connectivity index (χ0v) is 11.3. The molecule has 1 aromatic heterocycles.